The van der Waals surface area contributed by atoms with Gasteiger partial charge in [0, 0.05) is 12.2 Å². The highest BCUT2D eigenvalue weighted by molar-refractivity contribution is 6.13. The smallest absolute Gasteiger partial charge is 0.240 e. The van der Waals surface area contributed by atoms with Gasteiger partial charge in [0.2, 0.25) is 11.8 Å². The summed E-state index contributed by atoms with van der Waals surface area (Å²) in [6, 6.07) is 7.08. The number of hydrogen-bond acceptors (Lipinski definition) is 4. The second-order valence-electron chi connectivity index (χ2n) is 6.18. The molecule has 2 rings (SSSR count). The largest absolute Gasteiger partial charge is 0.497 e. The molecule has 23 heavy (non-hydrogen) atoms. The fourth-order valence-electron chi connectivity index (χ4n) is 2.37. The quantitative estimate of drug-likeness (QED) is 0.562. The topological polar surface area (TPSA) is 70.7 Å². The normalized spacial score (nSPS) is 15.1. The Morgan fingerprint density at radius 3 is 2.35 bits per heavy atom. The minimum absolute atomic E-state index is 0.165. The van der Waals surface area contributed by atoms with Crippen LogP contribution in [0.15, 0.2) is 24.3 Å². The summed E-state index contributed by atoms with van der Waals surface area (Å²) in [6.45, 7) is 1.50. The molecule has 1 fully saturated rings. The Morgan fingerprint density at radius 2 is 1.83 bits per heavy atom. The van der Waals surface area contributed by atoms with Crippen LogP contribution in [0.5, 0.6) is 5.75 Å². The van der Waals surface area contributed by atoms with Crippen molar-refractivity contribution >= 4 is 17.5 Å². The van der Waals surface area contributed by atoms with E-state index in [0.29, 0.717) is 25.1 Å². The molecule has 6 heteroatoms. The molecule has 0 atom stereocenters. The number of ether oxygens (including phenoxy) is 1. The number of nitrogens with zero attached hydrogens (tertiary/aromatic N) is 1. The van der Waals surface area contributed by atoms with Crippen LogP contribution in [-0.4, -0.2) is 51.0 Å². The van der Waals surface area contributed by atoms with Crippen molar-refractivity contribution in [1.82, 2.24) is 10.2 Å². The second-order valence-corrected chi connectivity index (χ2v) is 6.18. The molecule has 1 aromatic carbocycles. The van der Waals surface area contributed by atoms with Crippen LogP contribution in [0.25, 0.3) is 0 Å². The molecule has 2 amide bonds. The minimum Gasteiger partial charge on any atom is -0.497 e. The molecule has 1 aliphatic rings. The third-order valence-corrected chi connectivity index (χ3v) is 4.03. The Labute approximate surface area is 137 Å². The number of hydrogen-bond donors (Lipinski definition) is 2. The number of carbonyl (C=O) groups is 2. The Kier molecular flexibility index (Phi) is 5.60. The maximum atomic E-state index is 12.4. The molecule has 2 N–H and O–H groups in total. The molecular formula is C17H25N3O3. The van der Waals surface area contributed by atoms with E-state index in [4.69, 9.17) is 4.74 Å². The third kappa shape index (κ3) is 4.45. The second kappa shape index (κ2) is 7.46. The number of amides is 2. The lowest BCUT2D eigenvalue weighted by molar-refractivity contribution is -0.134. The van der Waals surface area contributed by atoms with Crippen molar-refractivity contribution in [2.45, 2.75) is 19.3 Å². The van der Waals surface area contributed by atoms with Crippen LogP contribution in [-0.2, 0) is 9.59 Å². The molecule has 6 nitrogen and oxygen atoms in total. The zero-order chi connectivity index (χ0) is 16.9. The zero-order valence-electron chi connectivity index (χ0n) is 14.0. The molecule has 0 aliphatic heterocycles. The SMILES string of the molecule is COc1ccc(NC(=O)C2(C(=O)NCCCN(C)C)CC2)cc1. The van der Waals surface area contributed by atoms with E-state index in [0.717, 1.165) is 18.7 Å². The number of anilines is 1. The lowest BCUT2D eigenvalue weighted by atomic mass is 10.0. The highest BCUT2D eigenvalue weighted by Crippen LogP contribution is 2.46. The van der Waals surface area contributed by atoms with Crippen molar-refractivity contribution < 1.29 is 14.3 Å². The van der Waals surface area contributed by atoms with E-state index < -0.39 is 5.41 Å². The van der Waals surface area contributed by atoms with E-state index in [1.807, 2.05) is 14.1 Å². The molecule has 1 aliphatic carbocycles. The van der Waals surface area contributed by atoms with Gasteiger partial charge in [0.1, 0.15) is 11.2 Å². The van der Waals surface area contributed by atoms with E-state index >= 15 is 0 Å². The summed E-state index contributed by atoms with van der Waals surface area (Å²) < 4.78 is 5.08. The summed E-state index contributed by atoms with van der Waals surface area (Å²) in [7, 11) is 5.58. The lowest BCUT2D eigenvalue weighted by Crippen LogP contribution is -2.40. The van der Waals surface area contributed by atoms with Crippen LogP contribution in [0.3, 0.4) is 0 Å². The molecule has 0 spiro atoms. The Balaban J connectivity index is 1.86. The fourth-order valence-corrected chi connectivity index (χ4v) is 2.37. The van der Waals surface area contributed by atoms with Gasteiger partial charge in [0.25, 0.3) is 0 Å². The molecule has 0 heterocycles. The summed E-state index contributed by atoms with van der Waals surface area (Å²) in [5.41, 5.74) is -0.222. The fraction of sp³-hybridized carbons (Fsp3) is 0.529. The molecule has 0 saturated heterocycles. The highest BCUT2D eigenvalue weighted by Gasteiger charge is 2.56. The first-order chi connectivity index (χ1) is 11.0. The zero-order valence-corrected chi connectivity index (χ0v) is 14.0. The average molecular weight is 319 g/mol. The van der Waals surface area contributed by atoms with Crippen LogP contribution in [0.1, 0.15) is 19.3 Å². The predicted molar refractivity (Wildman–Crippen MR) is 89.5 cm³/mol. The van der Waals surface area contributed by atoms with E-state index in [-0.39, 0.29) is 11.8 Å². The summed E-state index contributed by atoms with van der Waals surface area (Å²) in [5.74, 6) is 0.331. The van der Waals surface area contributed by atoms with Gasteiger partial charge in [0.15, 0.2) is 0 Å². The van der Waals surface area contributed by atoms with Gasteiger partial charge in [0.05, 0.1) is 7.11 Å². The summed E-state index contributed by atoms with van der Waals surface area (Å²) in [5, 5.41) is 5.70. The van der Waals surface area contributed by atoms with Crippen molar-refractivity contribution in [2.24, 2.45) is 5.41 Å². The molecule has 126 valence electrons. The maximum absolute atomic E-state index is 12.4. The van der Waals surface area contributed by atoms with Crippen molar-refractivity contribution in [3.63, 3.8) is 0 Å². The number of benzene rings is 1. The Bertz CT molecular complexity index is 551. The predicted octanol–water partition coefficient (Wildman–Crippen LogP) is 1.48. The molecule has 0 unspecified atom stereocenters. The van der Waals surface area contributed by atoms with Crippen LogP contribution >= 0.6 is 0 Å². The van der Waals surface area contributed by atoms with Gasteiger partial charge in [-0.15, -0.1) is 0 Å². The highest BCUT2D eigenvalue weighted by atomic mass is 16.5. The number of nitrogens with one attached hydrogen (secondary N) is 2. The van der Waals surface area contributed by atoms with E-state index in [1.54, 1.807) is 31.4 Å². The number of carbonyl (C=O) groups excluding carboxylic acids is 2. The van der Waals surface area contributed by atoms with Crippen LogP contribution in [0.2, 0.25) is 0 Å². The minimum atomic E-state index is -0.891. The van der Waals surface area contributed by atoms with Crippen molar-refractivity contribution in [3.8, 4) is 5.75 Å². The molecule has 0 aromatic heterocycles. The average Bonchev–Trinajstić information content (AvgIpc) is 3.34. The lowest BCUT2D eigenvalue weighted by Gasteiger charge is -2.16. The molecule has 1 aromatic rings. The molecule has 0 bridgehead atoms. The first-order valence-corrected chi connectivity index (χ1v) is 7.86. The van der Waals surface area contributed by atoms with Gasteiger partial charge in [-0.25, -0.2) is 0 Å². The van der Waals surface area contributed by atoms with Gasteiger partial charge >= 0.3 is 0 Å². The van der Waals surface area contributed by atoms with Gasteiger partial charge in [-0.05, 0) is 64.2 Å². The molecular weight excluding hydrogens is 294 g/mol. The van der Waals surface area contributed by atoms with Crippen molar-refractivity contribution in [2.75, 3.05) is 39.6 Å². The third-order valence-electron chi connectivity index (χ3n) is 4.03. The summed E-state index contributed by atoms with van der Waals surface area (Å²) >= 11 is 0. The first kappa shape index (κ1) is 17.3. The van der Waals surface area contributed by atoms with E-state index in [1.165, 1.54) is 0 Å². The van der Waals surface area contributed by atoms with Gasteiger partial charge in [-0.3, -0.25) is 9.59 Å². The number of methoxy groups -OCH3 is 1. The first-order valence-electron chi connectivity index (χ1n) is 7.86. The molecule has 0 radical (unpaired) electrons. The van der Waals surface area contributed by atoms with Gasteiger partial charge in [-0.2, -0.15) is 0 Å². The standard InChI is InChI=1S/C17H25N3O3/c1-20(2)12-4-11-18-15(21)17(9-10-17)16(22)19-13-5-7-14(23-3)8-6-13/h5-8H,4,9-12H2,1-3H3,(H,18,21)(H,19,22). The van der Waals surface area contributed by atoms with Crippen LogP contribution < -0.4 is 15.4 Å². The number of rotatable bonds is 8. The summed E-state index contributed by atoms with van der Waals surface area (Å²) in [6.07, 6.45) is 2.08. The van der Waals surface area contributed by atoms with Crippen molar-refractivity contribution in [1.29, 1.82) is 0 Å². The molecule has 1 saturated carbocycles. The van der Waals surface area contributed by atoms with Gasteiger partial charge < -0.3 is 20.3 Å². The van der Waals surface area contributed by atoms with E-state index in [9.17, 15) is 9.59 Å². The Morgan fingerprint density at radius 1 is 1.17 bits per heavy atom. The monoisotopic (exact) mass is 319 g/mol. The Hall–Kier alpha value is -2.08. The van der Waals surface area contributed by atoms with Crippen LogP contribution in [0.4, 0.5) is 5.69 Å². The van der Waals surface area contributed by atoms with Crippen LogP contribution in [0, 0.1) is 5.41 Å². The van der Waals surface area contributed by atoms with E-state index in [2.05, 4.69) is 15.5 Å². The maximum Gasteiger partial charge on any atom is 0.240 e. The van der Waals surface area contributed by atoms with Crippen molar-refractivity contribution in [3.05, 3.63) is 24.3 Å². The summed E-state index contributed by atoms with van der Waals surface area (Å²) in [4.78, 5) is 26.8. The van der Waals surface area contributed by atoms with Gasteiger partial charge in [-0.1, -0.05) is 0 Å².